The van der Waals surface area contributed by atoms with Gasteiger partial charge in [0.05, 0.1) is 17.3 Å². The summed E-state index contributed by atoms with van der Waals surface area (Å²) in [5, 5.41) is 2.27. The monoisotopic (exact) mass is 435 g/mol. The van der Waals surface area contributed by atoms with Gasteiger partial charge in [0, 0.05) is 31.2 Å². The summed E-state index contributed by atoms with van der Waals surface area (Å²) in [6.07, 6.45) is -5.07. The van der Waals surface area contributed by atoms with Gasteiger partial charge in [0.15, 0.2) is 0 Å². The van der Waals surface area contributed by atoms with Crippen molar-refractivity contribution in [3.8, 4) is 0 Å². The van der Waals surface area contributed by atoms with Crippen molar-refractivity contribution in [2.45, 2.75) is 45.5 Å². The lowest BCUT2D eigenvalue weighted by Crippen LogP contribution is -2.54. The maximum absolute atomic E-state index is 13.2. The van der Waals surface area contributed by atoms with E-state index in [2.05, 4.69) is 5.32 Å². The second-order valence-electron chi connectivity index (χ2n) is 7.86. The Balaban J connectivity index is 1.98. The third-order valence-electron chi connectivity index (χ3n) is 4.44. The average molecular weight is 436 g/mol. The molecule has 0 spiro atoms. The maximum atomic E-state index is 13.2. The molecule has 2 amide bonds. The van der Waals surface area contributed by atoms with Crippen LogP contribution in [-0.4, -0.2) is 59.6 Å². The van der Waals surface area contributed by atoms with E-state index in [1.807, 2.05) is 0 Å². The van der Waals surface area contributed by atoms with E-state index < -0.39 is 35.4 Å². The molecule has 10 heteroatoms. The first-order valence-electron chi connectivity index (χ1n) is 9.17. The van der Waals surface area contributed by atoms with Crippen LogP contribution in [0.3, 0.4) is 0 Å². The van der Waals surface area contributed by atoms with Crippen LogP contribution in [-0.2, 0) is 15.7 Å². The molecule has 1 atom stereocenters. The highest BCUT2D eigenvalue weighted by molar-refractivity contribution is 6.30. The van der Waals surface area contributed by atoms with Gasteiger partial charge in [-0.2, -0.15) is 13.2 Å². The molecule has 2 rings (SSSR count). The standard InChI is InChI=1S/C19H25ClF3N3O3/c1-12(25-7-9-26(10-8-25)17(28)29-18(2,3)4)16(27)24-15-6-5-13(20)11-14(15)19(21,22)23/h5-6,11-12H,7-10H2,1-4H3,(H,24,27). The van der Waals surface area contributed by atoms with Crippen LogP contribution in [0.25, 0.3) is 0 Å². The summed E-state index contributed by atoms with van der Waals surface area (Å²) in [4.78, 5) is 28.0. The Labute approximate surface area is 172 Å². The number of ether oxygens (including phenoxy) is 1. The van der Waals surface area contributed by atoms with Crippen molar-refractivity contribution in [3.05, 3.63) is 28.8 Å². The number of halogens is 4. The van der Waals surface area contributed by atoms with Gasteiger partial charge < -0.3 is 15.0 Å². The molecular weight excluding hydrogens is 411 g/mol. The van der Waals surface area contributed by atoms with Crippen molar-refractivity contribution >= 4 is 29.3 Å². The number of alkyl halides is 3. The molecule has 0 bridgehead atoms. The lowest BCUT2D eigenvalue weighted by molar-refractivity contribution is -0.137. The van der Waals surface area contributed by atoms with Gasteiger partial charge in [-0.15, -0.1) is 0 Å². The van der Waals surface area contributed by atoms with Crippen LogP contribution < -0.4 is 5.32 Å². The van der Waals surface area contributed by atoms with Crippen LogP contribution in [0.2, 0.25) is 5.02 Å². The van der Waals surface area contributed by atoms with Gasteiger partial charge in [-0.05, 0) is 45.9 Å². The van der Waals surface area contributed by atoms with Crippen molar-refractivity contribution in [1.29, 1.82) is 0 Å². The highest BCUT2D eigenvalue weighted by Gasteiger charge is 2.35. The average Bonchev–Trinajstić information content (AvgIpc) is 2.60. The van der Waals surface area contributed by atoms with Crippen molar-refractivity contribution in [3.63, 3.8) is 0 Å². The van der Waals surface area contributed by atoms with Gasteiger partial charge in [0.25, 0.3) is 0 Å². The van der Waals surface area contributed by atoms with Gasteiger partial charge in [-0.25, -0.2) is 4.79 Å². The van der Waals surface area contributed by atoms with Crippen molar-refractivity contribution in [2.75, 3.05) is 31.5 Å². The van der Waals surface area contributed by atoms with Crippen LogP contribution in [0.15, 0.2) is 18.2 Å². The molecule has 1 unspecified atom stereocenters. The Kier molecular flexibility index (Phi) is 7.06. The van der Waals surface area contributed by atoms with E-state index in [4.69, 9.17) is 16.3 Å². The fraction of sp³-hybridized carbons (Fsp3) is 0.579. The van der Waals surface area contributed by atoms with E-state index in [-0.39, 0.29) is 10.7 Å². The van der Waals surface area contributed by atoms with Crippen LogP contribution >= 0.6 is 11.6 Å². The highest BCUT2D eigenvalue weighted by Crippen LogP contribution is 2.36. The molecule has 0 aliphatic carbocycles. The van der Waals surface area contributed by atoms with Crippen molar-refractivity contribution < 1.29 is 27.5 Å². The Morgan fingerprint density at radius 1 is 1.14 bits per heavy atom. The molecule has 1 fully saturated rings. The zero-order valence-electron chi connectivity index (χ0n) is 16.8. The Morgan fingerprint density at radius 3 is 2.24 bits per heavy atom. The first-order valence-corrected chi connectivity index (χ1v) is 9.55. The largest absolute Gasteiger partial charge is 0.444 e. The van der Waals surface area contributed by atoms with Gasteiger partial charge >= 0.3 is 12.3 Å². The molecule has 1 aliphatic heterocycles. The van der Waals surface area contributed by atoms with Crippen molar-refractivity contribution in [1.82, 2.24) is 9.80 Å². The van der Waals surface area contributed by atoms with E-state index in [9.17, 15) is 22.8 Å². The fourth-order valence-electron chi connectivity index (χ4n) is 2.88. The maximum Gasteiger partial charge on any atom is 0.418 e. The lowest BCUT2D eigenvalue weighted by atomic mass is 10.1. The van der Waals surface area contributed by atoms with Gasteiger partial charge in [0.2, 0.25) is 5.91 Å². The van der Waals surface area contributed by atoms with Crippen LogP contribution in [0.4, 0.5) is 23.7 Å². The number of nitrogens with one attached hydrogen (secondary N) is 1. The minimum atomic E-state index is -4.64. The molecule has 29 heavy (non-hydrogen) atoms. The van der Waals surface area contributed by atoms with E-state index in [0.29, 0.717) is 26.2 Å². The molecule has 162 valence electrons. The summed E-state index contributed by atoms with van der Waals surface area (Å²) in [5.74, 6) is -0.566. The third-order valence-corrected chi connectivity index (χ3v) is 4.67. The topological polar surface area (TPSA) is 61.9 Å². The fourth-order valence-corrected chi connectivity index (χ4v) is 3.05. The number of benzene rings is 1. The summed E-state index contributed by atoms with van der Waals surface area (Å²) in [5.41, 5.74) is -1.94. The van der Waals surface area contributed by atoms with Gasteiger partial charge in [-0.1, -0.05) is 11.6 Å². The molecule has 6 nitrogen and oxygen atoms in total. The Bertz CT molecular complexity index is 757. The molecular formula is C19H25ClF3N3O3. The molecule has 0 saturated carbocycles. The number of nitrogens with zero attached hydrogens (tertiary/aromatic N) is 2. The number of carbonyl (C=O) groups excluding carboxylic acids is 2. The SMILES string of the molecule is CC(C(=O)Nc1ccc(Cl)cc1C(F)(F)F)N1CCN(C(=O)OC(C)(C)C)CC1. The normalized spacial score (nSPS) is 17.0. The lowest BCUT2D eigenvalue weighted by Gasteiger charge is -2.37. The molecule has 1 saturated heterocycles. The molecule has 1 N–H and O–H groups in total. The molecule has 0 aromatic heterocycles. The van der Waals surface area contributed by atoms with Crippen LogP contribution in [0, 0.1) is 0 Å². The molecule has 1 aromatic carbocycles. The summed E-state index contributed by atoms with van der Waals surface area (Å²) >= 11 is 5.66. The van der Waals surface area contributed by atoms with E-state index in [1.165, 1.54) is 6.07 Å². The second kappa shape index (κ2) is 8.79. The number of hydrogen-bond acceptors (Lipinski definition) is 4. The molecule has 1 heterocycles. The van der Waals surface area contributed by atoms with E-state index in [1.54, 1.807) is 37.5 Å². The number of piperazine rings is 1. The van der Waals surface area contributed by atoms with E-state index >= 15 is 0 Å². The number of anilines is 1. The van der Waals surface area contributed by atoms with E-state index in [0.717, 1.165) is 12.1 Å². The second-order valence-corrected chi connectivity index (χ2v) is 8.29. The molecule has 1 aliphatic rings. The summed E-state index contributed by atoms with van der Waals surface area (Å²) in [6, 6.07) is 2.53. The zero-order valence-corrected chi connectivity index (χ0v) is 17.5. The predicted molar refractivity (Wildman–Crippen MR) is 104 cm³/mol. The minimum Gasteiger partial charge on any atom is -0.444 e. The summed E-state index contributed by atoms with van der Waals surface area (Å²) < 4.78 is 44.9. The van der Waals surface area contributed by atoms with Gasteiger partial charge in [-0.3, -0.25) is 9.69 Å². The highest BCUT2D eigenvalue weighted by atomic mass is 35.5. The summed E-state index contributed by atoms with van der Waals surface area (Å²) in [6.45, 7) is 8.48. The summed E-state index contributed by atoms with van der Waals surface area (Å²) in [7, 11) is 0. The zero-order chi connectivity index (χ0) is 22.0. The number of rotatable bonds is 3. The molecule has 0 radical (unpaired) electrons. The Hall–Kier alpha value is -2.00. The Morgan fingerprint density at radius 2 is 1.72 bits per heavy atom. The predicted octanol–water partition coefficient (Wildman–Crippen LogP) is 4.24. The quantitative estimate of drug-likeness (QED) is 0.771. The third kappa shape index (κ3) is 6.50. The first kappa shape index (κ1) is 23.3. The number of amides is 2. The number of carbonyl (C=O) groups is 2. The minimum absolute atomic E-state index is 0.0679. The van der Waals surface area contributed by atoms with Gasteiger partial charge in [0.1, 0.15) is 5.60 Å². The van der Waals surface area contributed by atoms with Crippen LogP contribution in [0.5, 0.6) is 0 Å². The smallest absolute Gasteiger partial charge is 0.418 e. The van der Waals surface area contributed by atoms with Crippen molar-refractivity contribution in [2.24, 2.45) is 0 Å². The number of hydrogen-bond donors (Lipinski definition) is 1. The van der Waals surface area contributed by atoms with Crippen LogP contribution in [0.1, 0.15) is 33.3 Å². The first-order chi connectivity index (χ1) is 13.3. The molecule has 1 aromatic rings.